The maximum Gasteiger partial charge on any atom is 0.251 e. The van der Waals surface area contributed by atoms with E-state index in [-0.39, 0.29) is 5.91 Å². The summed E-state index contributed by atoms with van der Waals surface area (Å²) in [7, 11) is 0. The number of carbonyl (C=O) groups excluding carboxylic acids is 1. The topological polar surface area (TPSA) is 45.2 Å². The Labute approximate surface area is 148 Å². The molecule has 23 heavy (non-hydrogen) atoms. The van der Waals surface area contributed by atoms with Crippen LogP contribution in [0.4, 0.5) is 11.5 Å². The van der Waals surface area contributed by atoms with Gasteiger partial charge in [-0.15, -0.1) is 0 Å². The minimum Gasteiger partial charge on any atom is -0.351 e. The maximum absolute atomic E-state index is 12.3. The highest BCUT2D eigenvalue weighted by Gasteiger charge is 2.19. The van der Waals surface area contributed by atoms with Crippen molar-refractivity contribution in [3.8, 4) is 0 Å². The Morgan fingerprint density at radius 3 is 2.70 bits per heavy atom. The summed E-state index contributed by atoms with van der Waals surface area (Å²) in [6.45, 7) is 1.34. The largest absolute Gasteiger partial charge is 0.351 e. The molecule has 1 aromatic carbocycles. The van der Waals surface area contributed by atoms with Crippen LogP contribution in [0.15, 0.2) is 58.7 Å². The van der Waals surface area contributed by atoms with E-state index >= 15 is 0 Å². The number of pyridine rings is 1. The lowest BCUT2D eigenvalue weighted by Crippen LogP contribution is -2.32. The van der Waals surface area contributed by atoms with Gasteiger partial charge in [-0.25, -0.2) is 4.98 Å². The molecule has 0 atom stereocenters. The lowest BCUT2D eigenvalue weighted by Gasteiger charge is -2.27. The van der Waals surface area contributed by atoms with E-state index in [1.54, 1.807) is 6.20 Å². The summed E-state index contributed by atoms with van der Waals surface area (Å²) in [6, 6.07) is 11.2. The number of aromatic nitrogens is 1. The number of nitrogens with one attached hydrogen (secondary N) is 1. The Bertz CT molecular complexity index is 746. The van der Waals surface area contributed by atoms with Crippen LogP contribution in [0, 0.1) is 0 Å². The zero-order valence-electron chi connectivity index (χ0n) is 12.3. The molecule has 0 radical (unpaired) electrons. The first-order valence-corrected chi connectivity index (χ1v) is 8.42. The van der Waals surface area contributed by atoms with E-state index in [1.165, 1.54) is 0 Å². The van der Waals surface area contributed by atoms with Gasteiger partial charge in [-0.05, 0) is 42.8 Å². The highest BCUT2D eigenvalue weighted by atomic mass is 79.9. The van der Waals surface area contributed by atoms with Crippen LogP contribution >= 0.6 is 27.5 Å². The molecule has 0 saturated heterocycles. The fourth-order valence-electron chi connectivity index (χ4n) is 2.42. The van der Waals surface area contributed by atoms with Crippen LogP contribution in [0.3, 0.4) is 0 Å². The van der Waals surface area contributed by atoms with E-state index in [2.05, 4.69) is 31.1 Å². The van der Waals surface area contributed by atoms with Crippen molar-refractivity contribution in [1.29, 1.82) is 0 Å². The van der Waals surface area contributed by atoms with Crippen LogP contribution in [-0.4, -0.2) is 24.0 Å². The SMILES string of the molecule is O=C(Nc1ccc(Br)cc1)C1=CCN(c2ncccc2Cl)CC1. The minimum absolute atomic E-state index is 0.0564. The van der Waals surface area contributed by atoms with Crippen molar-refractivity contribution < 1.29 is 4.79 Å². The third-order valence-corrected chi connectivity index (χ3v) is 4.47. The summed E-state index contributed by atoms with van der Waals surface area (Å²) in [5, 5.41) is 3.54. The van der Waals surface area contributed by atoms with Crippen molar-refractivity contribution in [2.75, 3.05) is 23.3 Å². The van der Waals surface area contributed by atoms with Crippen LogP contribution in [0.1, 0.15) is 6.42 Å². The molecule has 0 unspecified atom stereocenters. The Morgan fingerprint density at radius 2 is 2.04 bits per heavy atom. The number of hydrogen-bond acceptors (Lipinski definition) is 3. The highest BCUT2D eigenvalue weighted by molar-refractivity contribution is 9.10. The van der Waals surface area contributed by atoms with Crippen LogP contribution in [0.5, 0.6) is 0 Å². The zero-order chi connectivity index (χ0) is 16.2. The summed E-state index contributed by atoms with van der Waals surface area (Å²) in [5.41, 5.74) is 1.57. The first kappa shape index (κ1) is 16.0. The van der Waals surface area contributed by atoms with Crippen LogP contribution < -0.4 is 10.2 Å². The van der Waals surface area contributed by atoms with Gasteiger partial charge in [-0.2, -0.15) is 0 Å². The second kappa shape index (κ2) is 7.15. The van der Waals surface area contributed by atoms with E-state index in [9.17, 15) is 4.79 Å². The predicted octanol–water partition coefficient (Wildman–Crippen LogP) is 4.27. The molecule has 0 bridgehead atoms. The number of amides is 1. The second-order valence-electron chi connectivity index (χ2n) is 5.20. The summed E-state index contributed by atoms with van der Waals surface area (Å²) in [4.78, 5) is 18.7. The summed E-state index contributed by atoms with van der Waals surface area (Å²) in [6.07, 6.45) is 4.32. The molecule has 1 aromatic heterocycles. The first-order valence-electron chi connectivity index (χ1n) is 7.25. The second-order valence-corrected chi connectivity index (χ2v) is 6.52. The van der Waals surface area contributed by atoms with Gasteiger partial charge in [0, 0.05) is 35.0 Å². The molecule has 0 aliphatic carbocycles. The standard InChI is InChI=1S/C17H15BrClN3O/c18-13-3-5-14(6-4-13)21-17(23)12-7-10-22(11-8-12)16-15(19)2-1-9-20-16/h1-7,9H,8,10-11H2,(H,21,23). The van der Waals surface area contributed by atoms with E-state index < -0.39 is 0 Å². The fourth-order valence-corrected chi connectivity index (χ4v) is 2.93. The number of nitrogens with zero attached hydrogens (tertiary/aromatic N) is 2. The van der Waals surface area contributed by atoms with E-state index in [0.717, 1.165) is 28.1 Å². The zero-order valence-corrected chi connectivity index (χ0v) is 14.6. The average Bonchev–Trinajstić information content (AvgIpc) is 2.57. The molecule has 2 heterocycles. The molecule has 1 amide bonds. The van der Waals surface area contributed by atoms with Crippen LogP contribution in [0.25, 0.3) is 0 Å². The van der Waals surface area contributed by atoms with Crippen molar-refractivity contribution in [1.82, 2.24) is 4.98 Å². The van der Waals surface area contributed by atoms with Gasteiger partial charge in [0.1, 0.15) is 5.82 Å². The summed E-state index contributed by atoms with van der Waals surface area (Å²) >= 11 is 9.55. The normalized spacial score (nSPS) is 14.3. The van der Waals surface area contributed by atoms with Gasteiger partial charge in [0.2, 0.25) is 0 Å². The predicted molar refractivity (Wildman–Crippen MR) is 96.9 cm³/mol. The monoisotopic (exact) mass is 391 g/mol. The fraction of sp³-hybridized carbons (Fsp3) is 0.176. The van der Waals surface area contributed by atoms with Gasteiger partial charge in [-0.1, -0.05) is 33.6 Å². The molecule has 3 rings (SSSR count). The molecule has 1 aliphatic rings. The molecule has 0 spiro atoms. The molecule has 1 aliphatic heterocycles. The molecule has 6 heteroatoms. The number of carbonyl (C=O) groups is 1. The first-order chi connectivity index (χ1) is 11.1. The van der Waals surface area contributed by atoms with Crippen LogP contribution in [-0.2, 0) is 4.79 Å². The Balaban J connectivity index is 1.65. The highest BCUT2D eigenvalue weighted by Crippen LogP contribution is 2.25. The Hall–Kier alpha value is -1.85. The van der Waals surface area contributed by atoms with E-state index in [0.29, 0.717) is 18.0 Å². The third-order valence-electron chi connectivity index (χ3n) is 3.64. The van der Waals surface area contributed by atoms with Crippen molar-refractivity contribution >= 4 is 44.9 Å². The molecule has 4 nitrogen and oxygen atoms in total. The number of hydrogen-bond donors (Lipinski definition) is 1. The molecule has 0 saturated carbocycles. The third kappa shape index (κ3) is 3.92. The maximum atomic E-state index is 12.3. The van der Waals surface area contributed by atoms with Gasteiger partial charge >= 0.3 is 0 Å². The lowest BCUT2D eigenvalue weighted by atomic mass is 10.1. The molecule has 118 valence electrons. The minimum atomic E-state index is -0.0564. The number of benzene rings is 1. The van der Waals surface area contributed by atoms with Crippen molar-refractivity contribution in [2.24, 2.45) is 0 Å². The van der Waals surface area contributed by atoms with Crippen LogP contribution in [0.2, 0.25) is 5.02 Å². The van der Waals surface area contributed by atoms with Crippen molar-refractivity contribution in [3.05, 3.63) is 63.7 Å². The smallest absolute Gasteiger partial charge is 0.251 e. The quantitative estimate of drug-likeness (QED) is 0.848. The number of rotatable bonds is 3. The summed E-state index contributed by atoms with van der Waals surface area (Å²) in [5.74, 6) is 0.705. The number of anilines is 2. The van der Waals surface area contributed by atoms with Crippen molar-refractivity contribution in [2.45, 2.75) is 6.42 Å². The lowest BCUT2D eigenvalue weighted by molar-refractivity contribution is -0.113. The van der Waals surface area contributed by atoms with Gasteiger partial charge in [0.15, 0.2) is 0 Å². The molecule has 1 N–H and O–H groups in total. The van der Waals surface area contributed by atoms with Gasteiger partial charge < -0.3 is 10.2 Å². The van der Waals surface area contributed by atoms with E-state index in [4.69, 9.17) is 11.6 Å². The molecule has 2 aromatic rings. The molecule has 0 fully saturated rings. The Kier molecular flexibility index (Phi) is 4.98. The van der Waals surface area contributed by atoms with Gasteiger partial charge in [0.25, 0.3) is 5.91 Å². The summed E-state index contributed by atoms with van der Waals surface area (Å²) < 4.78 is 0.982. The van der Waals surface area contributed by atoms with Gasteiger partial charge in [0.05, 0.1) is 5.02 Å². The molecular formula is C17H15BrClN3O. The van der Waals surface area contributed by atoms with E-state index in [1.807, 2.05) is 42.5 Å². The average molecular weight is 393 g/mol. The van der Waals surface area contributed by atoms with Gasteiger partial charge in [-0.3, -0.25) is 4.79 Å². The van der Waals surface area contributed by atoms with Crippen molar-refractivity contribution in [3.63, 3.8) is 0 Å². The number of halogens is 2. The molecular weight excluding hydrogens is 378 g/mol. The Morgan fingerprint density at radius 1 is 1.26 bits per heavy atom.